The van der Waals surface area contributed by atoms with Gasteiger partial charge in [0.25, 0.3) is 0 Å². The van der Waals surface area contributed by atoms with Crippen molar-refractivity contribution >= 4 is 48.2 Å². The van der Waals surface area contributed by atoms with Crippen molar-refractivity contribution in [3.63, 3.8) is 0 Å². The first-order chi connectivity index (χ1) is 10.9. The highest BCUT2D eigenvalue weighted by atomic mass is 35.5. The second-order valence-electron chi connectivity index (χ2n) is 7.23. The van der Waals surface area contributed by atoms with Crippen LogP contribution < -0.4 is 11.1 Å². The molecule has 0 aromatic heterocycles. The maximum absolute atomic E-state index is 12.1. The first-order valence-corrected chi connectivity index (χ1v) is 9.47. The average Bonchev–Trinajstić information content (AvgIpc) is 2.53. The second kappa shape index (κ2) is 11.3. The molecular formula is C18H31Cl2N3OS. The van der Waals surface area contributed by atoms with Gasteiger partial charge in [0, 0.05) is 36.8 Å². The van der Waals surface area contributed by atoms with Gasteiger partial charge in [0.1, 0.15) is 0 Å². The highest BCUT2D eigenvalue weighted by Crippen LogP contribution is 2.19. The van der Waals surface area contributed by atoms with Gasteiger partial charge in [-0.2, -0.15) is 11.8 Å². The van der Waals surface area contributed by atoms with Crippen molar-refractivity contribution in [1.29, 1.82) is 0 Å². The summed E-state index contributed by atoms with van der Waals surface area (Å²) in [6.45, 7) is 9.42. The lowest BCUT2D eigenvalue weighted by molar-refractivity contribution is -0.119. The fraction of sp³-hybridized carbons (Fsp3) is 0.611. The SMILES string of the molecule is CC(C)(C)[C@H](N)C(=O)Nc1ccc(CCN2CCSCC2)cc1.Cl.Cl. The number of nitrogens with zero attached hydrogens (tertiary/aromatic N) is 1. The summed E-state index contributed by atoms with van der Waals surface area (Å²) in [4.78, 5) is 14.7. The molecule has 0 bridgehead atoms. The molecule has 1 fully saturated rings. The number of hydrogen-bond donors (Lipinski definition) is 2. The third-order valence-electron chi connectivity index (χ3n) is 4.26. The minimum Gasteiger partial charge on any atom is -0.325 e. The van der Waals surface area contributed by atoms with Crippen LogP contribution in [0.4, 0.5) is 5.69 Å². The van der Waals surface area contributed by atoms with Crippen LogP contribution in [0.3, 0.4) is 0 Å². The summed E-state index contributed by atoms with van der Waals surface area (Å²) in [5.74, 6) is 2.37. The molecule has 144 valence electrons. The predicted octanol–water partition coefficient (Wildman–Crippen LogP) is 3.43. The summed E-state index contributed by atoms with van der Waals surface area (Å²) in [6.07, 6.45) is 1.06. The van der Waals surface area contributed by atoms with Gasteiger partial charge < -0.3 is 16.0 Å². The molecule has 2 rings (SSSR count). The highest BCUT2D eigenvalue weighted by molar-refractivity contribution is 7.99. The largest absolute Gasteiger partial charge is 0.325 e. The van der Waals surface area contributed by atoms with Crippen LogP contribution >= 0.6 is 36.6 Å². The molecule has 1 amide bonds. The number of anilines is 1. The zero-order chi connectivity index (χ0) is 16.9. The van der Waals surface area contributed by atoms with Crippen LogP contribution in [0.25, 0.3) is 0 Å². The van der Waals surface area contributed by atoms with Crippen molar-refractivity contribution in [2.45, 2.75) is 33.2 Å². The topological polar surface area (TPSA) is 58.4 Å². The van der Waals surface area contributed by atoms with Crippen molar-refractivity contribution in [3.8, 4) is 0 Å². The normalized spacial score (nSPS) is 16.3. The smallest absolute Gasteiger partial charge is 0.241 e. The van der Waals surface area contributed by atoms with E-state index in [9.17, 15) is 4.79 Å². The highest BCUT2D eigenvalue weighted by Gasteiger charge is 2.27. The van der Waals surface area contributed by atoms with Gasteiger partial charge in [-0.3, -0.25) is 4.79 Å². The molecule has 1 aromatic rings. The maximum Gasteiger partial charge on any atom is 0.241 e. The monoisotopic (exact) mass is 407 g/mol. The van der Waals surface area contributed by atoms with E-state index in [1.807, 2.05) is 44.7 Å². The number of carbonyl (C=O) groups is 1. The maximum atomic E-state index is 12.1. The van der Waals surface area contributed by atoms with E-state index in [-0.39, 0.29) is 36.1 Å². The Morgan fingerprint density at radius 2 is 1.76 bits per heavy atom. The summed E-state index contributed by atoms with van der Waals surface area (Å²) in [5.41, 5.74) is 7.86. The van der Waals surface area contributed by atoms with Crippen molar-refractivity contribution in [1.82, 2.24) is 4.90 Å². The molecule has 1 saturated heterocycles. The minimum atomic E-state index is -0.515. The fourth-order valence-electron chi connectivity index (χ4n) is 2.48. The van der Waals surface area contributed by atoms with E-state index in [1.165, 1.54) is 30.2 Å². The minimum absolute atomic E-state index is 0. The van der Waals surface area contributed by atoms with Gasteiger partial charge in [0.15, 0.2) is 0 Å². The van der Waals surface area contributed by atoms with Crippen molar-refractivity contribution in [2.75, 3.05) is 36.5 Å². The number of amides is 1. The van der Waals surface area contributed by atoms with E-state index < -0.39 is 6.04 Å². The summed E-state index contributed by atoms with van der Waals surface area (Å²) >= 11 is 2.04. The van der Waals surface area contributed by atoms with Crippen LogP contribution in [0.1, 0.15) is 26.3 Å². The van der Waals surface area contributed by atoms with E-state index in [0.717, 1.165) is 18.7 Å². The number of nitrogens with one attached hydrogen (secondary N) is 1. The molecular weight excluding hydrogens is 377 g/mol. The van der Waals surface area contributed by atoms with E-state index in [4.69, 9.17) is 5.73 Å². The molecule has 3 N–H and O–H groups in total. The Bertz CT molecular complexity index is 514. The molecule has 0 spiro atoms. The van der Waals surface area contributed by atoms with Crippen LogP contribution in [0.15, 0.2) is 24.3 Å². The number of nitrogens with two attached hydrogens (primary N) is 1. The quantitative estimate of drug-likeness (QED) is 0.784. The van der Waals surface area contributed by atoms with Crippen molar-refractivity contribution in [3.05, 3.63) is 29.8 Å². The van der Waals surface area contributed by atoms with E-state index >= 15 is 0 Å². The van der Waals surface area contributed by atoms with Crippen LogP contribution in [0.5, 0.6) is 0 Å². The van der Waals surface area contributed by atoms with E-state index in [0.29, 0.717) is 0 Å². The summed E-state index contributed by atoms with van der Waals surface area (Å²) in [7, 11) is 0. The average molecular weight is 408 g/mol. The van der Waals surface area contributed by atoms with Gasteiger partial charge in [-0.25, -0.2) is 0 Å². The van der Waals surface area contributed by atoms with Gasteiger partial charge in [0.2, 0.25) is 5.91 Å². The Kier molecular flexibility index (Phi) is 11.1. The Hall–Kier alpha value is -0.460. The lowest BCUT2D eigenvalue weighted by atomic mass is 9.87. The number of carbonyl (C=O) groups excluding carboxylic acids is 1. The molecule has 4 nitrogen and oxygen atoms in total. The molecule has 1 aromatic carbocycles. The Morgan fingerprint density at radius 1 is 1.20 bits per heavy atom. The van der Waals surface area contributed by atoms with Gasteiger partial charge in [-0.15, -0.1) is 24.8 Å². The molecule has 1 aliphatic rings. The number of rotatable bonds is 5. The van der Waals surface area contributed by atoms with Crippen molar-refractivity contribution < 1.29 is 4.79 Å². The van der Waals surface area contributed by atoms with Gasteiger partial charge >= 0.3 is 0 Å². The Balaban J connectivity index is 0.00000288. The first kappa shape index (κ1) is 24.5. The summed E-state index contributed by atoms with van der Waals surface area (Å²) in [5, 5.41) is 2.90. The lowest BCUT2D eigenvalue weighted by Gasteiger charge is -2.26. The van der Waals surface area contributed by atoms with Gasteiger partial charge in [-0.1, -0.05) is 32.9 Å². The number of hydrogen-bond acceptors (Lipinski definition) is 4. The Labute approximate surface area is 168 Å². The fourth-order valence-corrected chi connectivity index (χ4v) is 3.46. The third kappa shape index (κ3) is 8.18. The molecule has 25 heavy (non-hydrogen) atoms. The number of thioether (sulfide) groups is 1. The van der Waals surface area contributed by atoms with Gasteiger partial charge in [0.05, 0.1) is 6.04 Å². The van der Waals surface area contributed by atoms with Crippen molar-refractivity contribution in [2.24, 2.45) is 11.1 Å². The third-order valence-corrected chi connectivity index (χ3v) is 5.20. The van der Waals surface area contributed by atoms with Gasteiger partial charge in [-0.05, 0) is 29.5 Å². The molecule has 0 unspecified atom stereocenters. The first-order valence-electron chi connectivity index (χ1n) is 8.32. The molecule has 1 aliphatic heterocycles. The molecule has 0 saturated carbocycles. The Morgan fingerprint density at radius 3 is 2.28 bits per heavy atom. The second-order valence-corrected chi connectivity index (χ2v) is 8.46. The van der Waals surface area contributed by atoms with E-state index in [2.05, 4.69) is 22.3 Å². The summed E-state index contributed by atoms with van der Waals surface area (Å²) < 4.78 is 0. The van der Waals surface area contributed by atoms with Crippen LogP contribution in [-0.4, -0.2) is 48.0 Å². The summed E-state index contributed by atoms with van der Waals surface area (Å²) in [6, 6.07) is 7.61. The predicted molar refractivity (Wildman–Crippen MR) is 114 cm³/mol. The molecule has 1 heterocycles. The van der Waals surface area contributed by atoms with E-state index in [1.54, 1.807) is 0 Å². The lowest BCUT2D eigenvalue weighted by Crippen LogP contribution is -2.45. The molecule has 0 radical (unpaired) electrons. The number of benzene rings is 1. The zero-order valence-corrected chi connectivity index (χ0v) is 17.7. The molecule has 0 aliphatic carbocycles. The van der Waals surface area contributed by atoms with Crippen LogP contribution in [0.2, 0.25) is 0 Å². The number of halogens is 2. The van der Waals surface area contributed by atoms with Crippen LogP contribution in [0, 0.1) is 5.41 Å². The standard InChI is InChI=1S/C18H29N3OS.2ClH/c1-18(2,3)16(19)17(22)20-15-6-4-14(5-7-15)8-9-21-10-12-23-13-11-21;;/h4-7,16H,8-13,19H2,1-3H3,(H,20,22);2*1H/t16-;;/m1../s1. The molecule has 7 heteroatoms. The zero-order valence-electron chi connectivity index (χ0n) is 15.3. The van der Waals surface area contributed by atoms with Crippen LogP contribution in [-0.2, 0) is 11.2 Å². The molecule has 1 atom stereocenters.